The van der Waals surface area contributed by atoms with Crippen LogP contribution in [0.3, 0.4) is 0 Å². The van der Waals surface area contributed by atoms with E-state index in [1.807, 2.05) is 48.5 Å². The summed E-state index contributed by atoms with van der Waals surface area (Å²) in [4.78, 5) is 4.55. The van der Waals surface area contributed by atoms with E-state index < -0.39 is 0 Å². The second kappa shape index (κ2) is 4.94. The second-order valence-corrected chi connectivity index (χ2v) is 4.45. The van der Waals surface area contributed by atoms with E-state index in [0.717, 1.165) is 28.3 Å². The molecular weight excluding hydrogens is 260 g/mol. The topological polar surface area (TPSA) is 27.1 Å². The van der Waals surface area contributed by atoms with Crippen LogP contribution >= 0.6 is 11.6 Å². The zero-order chi connectivity index (χ0) is 13.2. The van der Waals surface area contributed by atoms with Gasteiger partial charge in [-0.1, -0.05) is 12.1 Å². The molecule has 0 unspecified atom stereocenters. The third kappa shape index (κ3) is 2.06. The van der Waals surface area contributed by atoms with Crippen molar-refractivity contribution in [3.05, 3.63) is 54.4 Å². The number of benzene rings is 2. The van der Waals surface area contributed by atoms with Crippen LogP contribution in [0.1, 0.15) is 5.82 Å². The number of aromatic nitrogens is 2. The van der Waals surface area contributed by atoms with E-state index in [9.17, 15) is 0 Å². The van der Waals surface area contributed by atoms with Crippen LogP contribution in [-0.2, 0) is 5.88 Å². The van der Waals surface area contributed by atoms with Gasteiger partial charge in [0.2, 0.25) is 0 Å². The third-order valence-corrected chi connectivity index (χ3v) is 3.32. The molecule has 4 heteroatoms. The number of nitrogens with zero attached hydrogens (tertiary/aromatic N) is 2. The zero-order valence-corrected chi connectivity index (χ0v) is 11.3. The summed E-state index contributed by atoms with van der Waals surface area (Å²) in [6.07, 6.45) is 0. The highest BCUT2D eigenvalue weighted by Crippen LogP contribution is 2.24. The summed E-state index contributed by atoms with van der Waals surface area (Å²) >= 11 is 6.00. The van der Waals surface area contributed by atoms with Gasteiger partial charge in [-0.15, -0.1) is 11.6 Å². The fourth-order valence-corrected chi connectivity index (χ4v) is 2.36. The molecule has 3 rings (SSSR count). The lowest BCUT2D eigenvalue weighted by molar-refractivity contribution is 0.414. The fourth-order valence-electron chi connectivity index (χ4n) is 2.18. The summed E-state index contributed by atoms with van der Waals surface area (Å²) in [6, 6.07) is 15.9. The standard InChI is InChI=1S/C15H13ClN2O/c1-19-12-8-6-11(7-9-12)18-14-5-3-2-4-13(14)17-15(18)10-16/h2-9H,10H2,1H3. The number of halogens is 1. The molecule has 0 aliphatic heterocycles. The van der Waals surface area contributed by atoms with E-state index in [4.69, 9.17) is 16.3 Å². The number of alkyl halides is 1. The summed E-state index contributed by atoms with van der Waals surface area (Å²) in [5, 5.41) is 0. The SMILES string of the molecule is COc1ccc(-n2c(CCl)nc3ccccc32)cc1. The largest absolute Gasteiger partial charge is 0.497 e. The summed E-state index contributed by atoms with van der Waals surface area (Å²) in [6.45, 7) is 0. The summed E-state index contributed by atoms with van der Waals surface area (Å²) in [7, 11) is 1.66. The molecular formula is C15H13ClN2O. The first-order chi connectivity index (χ1) is 9.33. The molecule has 0 atom stereocenters. The molecule has 2 aromatic carbocycles. The van der Waals surface area contributed by atoms with Crippen LogP contribution in [0.15, 0.2) is 48.5 Å². The monoisotopic (exact) mass is 272 g/mol. The van der Waals surface area contributed by atoms with E-state index >= 15 is 0 Å². The number of hydrogen-bond donors (Lipinski definition) is 0. The summed E-state index contributed by atoms with van der Waals surface area (Å²) in [5.41, 5.74) is 3.04. The minimum atomic E-state index is 0.376. The molecule has 3 nitrogen and oxygen atoms in total. The van der Waals surface area contributed by atoms with Gasteiger partial charge >= 0.3 is 0 Å². The quantitative estimate of drug-likeness (QED) is 0.679. The first-order valence-corrected chi connectivity index (χ1v) is 6.53. The highest BCUT2D eigenvalue weighted by Gasteiger charge is 2.10. The van der Waals surface area contributed by atoms with Gasteiger partial charge in [0.05, 0.1) is 24.0 Å². The van der Waals surface area contributed by atoms with Crippen LogP contribution < -0.4 is 4.74 Å². The van der Waals surface area contributed by atoms with Crippen molar-refractivity contribution < 1.29 is 4.74 Å². The van der Waals surface area contributed by atoms with E-state index in [0.29, 0.717) is 5.88 Å². The molecule has 0 aliphatic rings. The van der Waals surface area contributed by atoms with Crippen LogP contribution in [0.5, 0.6) is 5.75 Å². The number of methoxy groups -OCH3 is 1. The van der Waals surface area contributed by atoms with Gasteiger partial charge in [0.1, 0.15) is 11.6 Å². The predicted molar refractivity (Wildman–Crippen MR) is 77.2 cm³/mol. The van der Waals surface area contributed by atoms with Gasteiger partial charge in [-0.25, -0.2) is 4.98 Å². The second-order valence-electron chi connectivity index (χ2n) is 4.18. The Labute approximate surface area is 116 Å². The molecule has 0 saturated carbocycles. The van der Waals surface area contributed by atoms with Crippen molar-refractivity contribution in [2.45, 2.75) is 5.88 Å². The molecule has 0 saturated heterocycles. The number of rotatable bonds is 3. The number of hydrogen-bond acceptors (Lipinski definition) is 2. The van der Waals surface area contributed by atoms with Crippen LogP contribution in [0, 0.1) is 0 Å². The highest BCUT2D eigenvalue weighted by atomic mass is 35.5. The van der Waals surface area contributed by atoms with Gasteiger partial charge in [0.15, 0.2) is 0 Å². The smallest absolute Gasteiger partial charge is 0.129 e. The number of para-hydroxylation sites is 2. The summed E-state index contributed by atoms with van der Waals surface area (Å²) in [5.74, 6) is 2.05. The summed E-state index contributed by atoms with van der Waals surface area (Å²) < 4.78 is 7.25. The molecule has 0 aliphatic carbocycles. The Kier molecular flexibility index (Phi) is 3.13. The number of fused-ring (bicyclic) bond motifs is 1. The van der Waals surface area contributed by atoms with Crippen molar-refractivity contribution in [2.24, 2.45) is 0 Å². The lowest BCUT2D eigenvalue weighted by atomic mass is 10.2. The van der Waals surface area contributed by atoms with Crippen LogP contribution in [0.2, 0.25) is 0 Å². The van der Waals surface area contributed by atoms with Gasteiger partial charge in [-0.05, 0) is 36.4 Å². The lowest BCUT2D eigenvalue weighted by Gasteiger charge is -2.08. The maximum atomic E-state index is 6.00. The molecule has 0 fully saturated rings. The van der Waals surface area contributed by atoms with Gasteiger partial charge in [0.25, 0.3) is 0 Å². The molecule has 19 heavy (non-hydrogen) atoms. The number of imidazole rings is 1. The molecule has 0 spiro atoms. The molecule has 3 aromatic rings. The van der Waals surface area contributed by atoms with Gasteiger partial charge in [0, 0.05) is 5.69 Å². The number of ether oxygens (including phenoxy) is 1. The Hall–Kier alpha value is -2.00. The first kappa shape index (κ1) is 12.1. The Balaban J connectivity index is 2.21. The lowest BCUT2D eigenvalue weighted by Crippen LogP contribution is -1.99. The predicted octanol–water partition coefficient (Wildman–Crippen LogP) is 3.77. The van der Waals surface area contributed by atoms with Crippen LogP contribution in [-0.4, -0.2) is 16.7 Å². The molecule has 0 amide bonds. The van der Waals surface area contributed by atoms with Gasteiger partial charge < -0.3 is 4.74 Å². The zero-order valence-electron chi connectivity index (χ0n) is 10.5. The molecule has 0 N–H and O–H groups in total. The van der Waals surface area contributed by atoms with Crippen molar-refractivity contribution in [3.8, 4) is 11.4 Å². The molecule has 1 aromatic heterocycles. The van der Waals surface area contributed by atoms with E-state index in [1.54, 1.807) is 7.11 Å². The minimum absolute atomic E-state index is 0.376. The molecule has 96 valence electrons. The highest BCUT2D eigenvalue weighted by molar-refractivity contribution is 6.17. The van der Waals surface area contributed by atoms with Crippen molar-refractivity contribution in [3.63, 3.8) is 0 Å². The Bertz CT molecular complexity index is 704. The van der Waals surface area contributed by atoms with E-state index in [-0.39, 0.29) is 0 Å². The van der Waals surface area contributed by atoms with Crippen molar-refractivity contribution in [1.29, 1.82) is 0 Å². The molecule has 0 radical (unpaired) electrons. The van der Waals surface area contributed by atoms with Crippen LogP contribution in [0.4, 0.5) is 0 Å². The van der Waals surface area contributed by atoms with E-state index in [1.165, 1.54) is 0 Å². The average Bonchev–Trinajstić information content (AvgIpc) is 2.86. The third-order valence-electron chi connectivity index (χ3n) is 3.08. The normalized spacial score (nSPS) is 10.8. The van der Waals surface area contributed by atoms with Crippen molar-refractivity contribution in [2.75, 3.05) is 7.11 Å². The van der Waals surface area contributed by atoms with Crippen molar-refractivity contribution >= 4 is 22.6 Å². The molecule has 0 bridgehead atoms. The Morgan fingerprint density at radius 1 is 1.11 bits per heavy atom. The van der Waals surface area contributed by atoms with Gasteiger partial charge in [-0.3, -0.25) is 4.57 Å². The minimum Gasteiger partial charge on any atom is -0.497 e. The maximum absolute atomic E-state index is 6.00. The fraction of sp³-hybridized carbons (Fsp3) is 0.133. The maximum Gasteiger partial charge on any atom is 0.129 e. The van der Waals surface area contributed by atoms with Gasteiger partial charge in [-0.2, -0.15) is 0 Å². The van der Waals surface area contributed by atoms with E-state index in [2.05, 4.69) is 9.55 Å². The Morgan fingerprint density at radius 2 is 1.84 bits per heavy atom. The first-order valence-electron chi connectivity index (χ1n) is 6.00. The van der Waals surface area contributed by atoms with Crippen LogP contribution in [0.25, 0.3) is 16.7 Å². The Morgan fingerprint density at radius 3 is 2.53 bits per heavy atom. The average molecular weight is 273 g/mol. The van der Waals surface area contributed by atoms with Crippen molar-refractivity contribution in [1.82, 2.24) is 9.55 Å². The molecule has 1 heterocycles.